The molecule has 2 N–H and O–H groups in total. The summed E-state index contributed by atoms with van der Waals surface area (Å²) < 4.78 is 0. The van der Waals surface area contributed by atoms with Crippen molar-refractivity contribution in [2.75, 3.05) is 5.73 Å². The summed E-state index contributed by atoms with van der Waals surface area (Å²) in [6.07, 6.45) is 0. The monoisotopic (exact) mass is 235 g/mol. The fourth-order valence-corrected chi connectivity index (χ4v) is 2.03. The zero-order valence-corrected chi connectivity index (χ0v) is 10.1. The van der Waals surface area contributed by atoms with Crippen LogP contribution < -0.4 is 5.73 Å². The summed E-state index contributed by atoms with van der Waals surface area (Å²) in [5, 5.41) is 0. The van der Waals surface area contributed by atoms with Crippen molar-refractivity contribution in [1.29, 1.82) is 0 Å². The van der Waals surface area contributed by atoms with Crippen LogP contribution in [0, 0.1) is 6.92 Å². The van der Waals surface area contributed by atoms with E-state index >= 15 is 0 Å². The van der Waals surface area contributed by atoms with Gasteiger partial charge in [0, 0.05) is 11.3 Å². The van der Waals surface area contributed by atoms with E-state index in [0.717, 1.165) is 28.0 Å². The molecule has 0 saturated heterocycles. The second-order valence-corrected chi connectivity index (χ2v) is 4.27. The van der Waals surface area contributed by atoms with Crippen LogP contribution in [-0.2, 0) is 0 Å². The molecule has 3 aromatic rings. The van der Waals surface area contributed by atoms with Gasteiger partial charge >= 0.3 is 0 Å². The van der Waals surface area contributed by atoms with Crippen molar-refractivity contribution in [3.63, 3.8) is 0 Å². The standard InChI is InChI=1S/C15H13N3/c1-10-15(11-5-3-2-4-6-11)18-13-8-7-12(16)9-14(13)17-10/h2-9H,16H2,1H3. The first kappa shape index (κ1) is 10.7. The molecule has 0 aliphatic rings. The Morgan fingerprint density at radius 3 is 2.44 bits per heavy atom. The molecule has 1 aromatic heterocycles. The maximum Gasteiger partial charge on any atom is 0.0922 e. The van der Waals surface area contributed by atoms with Crippen LogP contribution in [0.15, 0.2) is 48.5 Å². The summed E-state index contributed by atoms with van der Waals surface area (Å²) in [5.74, 6) is 0. The largest absolute Gasteiger partial charge is 0.399 e. The van der Waals surface area contributed by atoms with Crippen molar-refractivity contribution < 1.29 is 0 Å². The number of nitrogens with zero attached hydrogens (tertiary/aromatic N) is 2. The molecule has 0 aliphatic heterocycles. The van der Waals surface area contributed by atoms with E-state index in [4.69, 9.17) is 5.73 Å². The highest BCUT2D eigenvalue weighted by Crippen LogP contribution is 2.23. The fraction of sp³-hybridized carbons (Fsp3) is 0.0667. The molecular weight excluding hydrogens is 222 g/mol. The molecule has 0 radical (unpaired) electrons. The molecule has 0 amide bonds. The Kier molecular flexibility index (Phi) is 2.45. The zero-order chi connectivity index (χ0) is 12.5. The van der Waals surface area contributed by atoms with E-state index in [2.05, 4.69) is 9.97 Å². The lowest BCUT2D eigenvalue weighted by atomic mass is 10.1. The van der Waals surface area contributed by atoms with Crippen LogP contribution in [0.25, 0.3) is 22.3 Å². The second-order valence-electron chi connectivity index (χ2n) is 4.27. The van der Waals surface area contributed by atoms with E-state index in [9.17, 15) is 0 Å². The average molecular weight is 235 g/mol. The summed E-state index contributed by atoms with van der Waals surface area (Å²) in [7, 11) is 0. The lowest BCUT2D eigenvalue weighted by Crippen LogP contribution is -1.95. The Labute approximate surface area is 105 Å². The number of aryl methyl sites for hydroxylation is 1. The molecule has 0 aliphatic carbocycles. The van der Waals surface area contributed by atoms with Gasteiger partial charge in [-0.05, 0) is 25.1 Å². The normalized spacial score (nSPS) is 10.7. The third-order valence-corrected chi connectivity index (χ3v) is 2.91. The van der Waals surface area contributed by atoms with Crippen LogP contribution in [-0.4, -0.2) is 9.97 Å². The molecule has 0 spiro atoms. The lowest BCUT2D eigenvalue weighted by Gasteiger charge is -2.07. The summed E-state index contributed by atoms with van der Waals surface area (Å²) in [6.45, 7) is 1.97. The topological polar surface area (TPSA) is 51.8 Å². The fourth-order valence-electron chi connectivity index (χ4n) is 2.03. The van der Waals surface area contributed by atoms with Crippen LogP contribution in [0.2, 0.25) is 0 Å². The van der Waals surface area contributed by atoms with Gasteiger partial charge in [-0.25, -0.2) is 9.97 Å². The molecule has 1 heterocycles. The van der Waals surface area contributed by atoms with Crippen LogP contribution in [0.3, 0.4) is 0 Å². The molecule has 3 nitrogen and oxygen atoms in total. The highest BCUT2D eigenvalue weighted by Gasteiger charge is 2.07. The minimum absolute atomic E-state index is 0.712. The van der Waals surface area contributed by atoms with E-state index in [1.54, 1.807) is 0 Å². The van der Waals surface area contributed by atoms with Crippen LogP contribution in [0.1, 0.15) is 5.69 Å². The number of hydrogen-bond acceptors (Lipinski definition) is 3. The number of fused-ring (bicyclic) bond motifs is 1. The summed E-state index contributed by atoms with van der Waals surface area (Å²) in [6, 6.07) is 15.7. The zero-order valence-electron chi connectivity index (χ0n) is 10.1. The second kappa shape index (κ2) is 4.11. The SMILES string of the molecule is Cc1nc2cc(N)ccc2nc1-c1ccccc1. The summed E-state index contributed by atoms with van der Waals surface area (Å²) in [5.41, 5.74) is 11.1. The number of nitrogens with two attached hydrogens (primary N) is 1. The highest BCUT2D eigenvalue weighted by molar-refractivity contribution is 5.81. The minimum atomic E-state index is 0.712. The number of anilines is 1. The summed E-state index contributed by atoms with van der Waals surface area (Å²) >= 11 is 0. The first-order valence-corrected chi connectivity index (χ1v) is 5.83. The average Bonchev–Trinajstić information content (AvgIpc) is 2.39. The smallest absolute Gasteiger partial charge is 0.0922 e. The van der Waals surface area contributed by atoms with Crippen molar-refractivity contribution in [3.8, 4) is 11.3 Å². The van der Waals surface area contributed by atoms with Gasteiger partial charge in [0.1, 0.15) is 0 Å². The first-order valence-electron chi connectivity index (χ1n) is 5.83. The predicted octanol–water partition coefficient (Wildman–Crippen LogP) is 3.19. The van der Waals surface area contributed by atoms with Gasteiger partial charge in [0.15, 0.2) is 0 Å². The van der Waals surface area contributed by atoms with E-state index in [1.807, 2.05) is 55.5 Å². The Bertz CT molecular complexity index is 706. The van der Waals surface area contributed by atoms with Gasteiger partial charge in [-0.15, -0.1) is 0 Å². The molecule has 0 fully saturated rings. The maximum atomic E-state index is 5.76. The van der Waals surface area contributed by atoms with Gasteiger partial charge < -0.3 is 5.73 Å². The van der Waals surface area contributed by atoms with E-state index in [-0.39, 0.29) is 0 Å². The van der Waals surface area contributed by atoms with Crippen LogP contribution in [0.4, 0.5) is 5.69 Å². The minimum Gasteiger partial charge on any atom is -0.399 e. The maximum absolute atomic E-state index is 5.76. The Balaban J connectivity index is 2.25. The van der Waals surface area contributed by atoms with Crippen molar-refractivity contribution in [1.82, 2.24) is 9.97 Å². The molecule has 3 rings (SSSR count). The molecule has 0 unspecified atom stereocenters. The Morgan fingerprint density at radius 1 is 0.889 bits per heavy atom. The molecule has 88 valence electrons. The first-order chi connectivity index (χ1) is 8.74. The number of rotatable bonds is 1. The molecule has 2 aromatic carbocycles. The number of nitrogen functional groups attached to an aromatic ring is 1. The van der Waals surface area contributed by atoms with Gasteiger partial charge in [0.2, 0.25) is 0 Å². The van der Waals surface area contributed by atoms with Gasteiger partial charge in [-0.1, -0.05) is 30.3 Å². The lowest BCUT2D eigenvalue weighted by molar-refractivity contribution is 1.19. The van der Waals surface area contributed by atoms with E-state index in [0.29, 0.717) is 5.69 Å². The van der Waals surface area contributed by atoms with Crippen molar-refractivity contribution >= 4 is 16.7 Å². The molecular formula is C15H13N3. The third-order valence-electron chi connectivity index (χ3n) is 2.91. The van der Waals surface area contributed by atoms with E-state index < -0.39 is 0 Å². The molecule has 0 bridgehead atoms. The molecule has 18 heavy (non-hydrogen) atoms. The number of benzene rings is 2. The number of hydrogen-bond donors (Lipinski definition) is 1. The Morgan fingerprint density at radius 2 is 1.67 bits per heavy atom. The quantitative estimate of drug-likeness (QED) is 0.659. The predicted molar refractivity (Wildman–Crippen MR) is 74.1 cm³/mol. The summed E-state index contributed by atoms with van der Waals surface area (Å²) in [4.78, 5) is 9.24. The van der Waals surface area contributed by atoms with Crippen LogP contribution >= 0.6 is 0 Å². The van der Waals surface area contributed by atoms with Gasteiger partial charge in [0.25, 0.3) is 0 Å². The van der Waals surface area contributed by atoms with Crippen molar-refractivity contribution in [3.05, 3.63) is 54.2 Å². The highest BCUT2D eigenvalue weighted by atomic mass is 14.8. The van der Waals surface area contributed by atoms with Crippen LogP contribution in [0.5, 0.6) is 0 Å². The van der Waals surface area contributed by atoms with Gasteiger partial charge in [0.05, 0.1) is 22.4 Å². The third kappa shape index (κ3) is 1.80. The molecule has 0 atom stereocenters. The number of aromatic nitrogens is 2. The van der Waals surface area contributed by atoms with Gasteiger partial charge in [-0.2, -0.15) is 0 Å². The van der Waals surface area contributed by atoms with Gasteiger partial charge in [-0.3, -0.25) is 0 Å². The van der Waals surface area contributed by atoms with Crippen molar-refractivity contribution in [2.45, 2.75) is 6.92 Å². The Hall–Kier alpha value is -2.42. The molecule has 0 saturated carbocycles. The molecule has 3 heteroatoms. The van der Waals surface area contributed by atoms with Crippen molar-refractivity contribution in [2.24, 2.45) is 0 Å². The van der Waals surface area contributed by atoms with E-state index in [1.165, 1.54) is 0 Å².